The van der Waals surface area contributed by atoms with E-state index in [1.165, 1.54) is 70.4 Å². The Hall–Kier alpha value is -1.12. The highest BCUT2D eigenvalue weighted by atomic mass is 15.3. The third kappa shape index (κ3) is 4.96. The molecule has 1 aromatic rings. The van der Waals surface area contributed by atoms with Gasteiger partial charge in [-0.3, -0.25) is 4.90 Å². The number of hydrogen-bond acceptors (Lipinski definition) is 2. The van der Waals surface area contributed by atoms with Crippen LogP contribution >= 0.6 is 0 Å². The van der Waals surface area contributed by atoms with Gasteiger partial charge in [-0.25, -0.2) is 0 Å². The summed E-state index contributed by atoms with van der Waals surface area (Å²) in [7, 11) is 0. The van der Waals surface area contributed by atoms with E-state index < -0.39 is 0 Å². The van der Waals surface area contributed by atoms with E-state index in [1.54, 1.807) is 0 Å². The number of hydrogen-bond donors (Lipinski definition) is 0. The minimum absolute atomic E-state index is 0.985. The van der Waals surface area contributed by atoms with Gasteiger partial charge in [0.05, 0.1) is 0 Å². The van der Waals surface area contributed by atoms with Gasteiger partial charge in [-0.15, -0.1) is 0 Å². The molecule has 2 heteroatoms. The minimum Gasteiger partial charge on any atom is -0.301 e. The Labute approximate surface area is 135 Å². The zero-order chi connectivity index (χ0) is 15.0. The molecule has 0 spiro atoms. The summed E-state index contributed by atoms with van der Waals surface area (Å²) >= 11 is 0. The zero-order valence-electron chi connectivity index (χ0n) is 13.8. The van der Waals surface area contributed by atoms with Gasteiger partial charge < -0.3 is 4.90 Å². The maximum Gasteiger partial charge on any atom is 0.0167 e. The smallest absolute Gasteiger partial charge is 0.0167 e. The van der Waals surface area contributed by atoms with E-state index >= 15 is 0 Å². The Morgan fingerprint density at radius 1 is 0.864 bits per heavy atom. The van der Waals surface area contributed by atoms with Crippen molar-refractivity contribution in [2.24, 2.45) is 5.92 Å². The first-order chi connectivity index (χ1) is 10.9. The second-order valence-electron chi connectivity index (χ2n) is 6.92. The molecule has 1 aliphatic heterocycles. The number of piperazine rings is 1. The highest BCUT2D eigenvalue weighted by molar-refractivity contribution is 5.48. The standard InChI is InChI=1S/C20H30N2/c1-3-8-19(9-4-1)12-7-13-21-14-16-22(17-15-21)18-20-10-5-2-6-11-20/h1,3-4,7-9,12,20H,2,5-6,10-11,13-18H2/b12-7+. The van der Waals surface area contributed by atoms with Crippen molar-refractivity contribution in [1.29, 1.82) is 0 Å². The Morgan fingerprint density at radius 2 is 1.55 bits per heavy atom. The summed E-state index contributed by atoms with van der Waals surface area (Å²) in [6.45, 7) is 7.42. The summed E-state index contributed by atoms with van der Waals surface area (Å²) < 4.78 is 0. The normalized spacial score (nSPS) is 22.4. The van der Waals surface area contributed by atoms with Gasteiger partial charge in [0, 0.05) is 39.3 Å². The molecule has 0 N–H and O–H groups in total. The van der Waals surface area contributed by atoms with Gasteiger partial charge in [0.15, 0.2) is 0 Å². The van der Waals surface area contributed by atoms with Crippen LogP contribution in [-0.2, 0) is 0 Å². The Morgan fingerprint density at radius 3 is 2.27 bits per heavy atom. The van der Waals surface area contributed by atoms with Gasteiger partial charge in [0.2, 0.25) is 0 Å². The fraction of sp³-hybridized carbons (Fsp3) is 0.600. The second-order valence-corrected chi connectivity index (χ2v) is 6.92. The van der Waals surface area contributed by atoms with E-state index in [2.05, 4.69) is 52.3 Å². The largest absolute Gasteiger partial charge is 0.301 e. The maximum atomic E-state index is 2.70. The molecule has 2 aliphatic rings. The molecule has 3 rings (SSSR count). The van der Waals surface area contributed by atoms with Crippen LogP contribution in [-0.4, -0.2) is 49.1 Å². The molecule has 1 aliphatic carbocycles. The quantitative estimate of drug-likeness (QED) is 0.813. The van der Waals surface area contributed by atoms with Crippen molar-refractivity contribution in [3.63, 3.8) is 0 Å². The highest BCUT2D eigenvalue weighted by Crippen LogP contribution is 2.24. The van der Waals surface area contributed by atoms with Crippen LogP contribution < -0.4 is 0 Å². The van der Waals surface area contributed by atoms with Crippen LogP contribution in [0.3, 0.4) is 0 Å². The van der Waals surface area contributed by atoms with Crippen LogP contribution in [0.1, 0.15) is 37.7 Å². The van der Waals surface area contributed by atoms with Crippen molar-refractivity contribution in [2.75, 3.05) is 39.3 Å². The van der Waals surface area contributed by atoms with Gasteiger partial charge in [0.25, 0.3) is 0 Å². The van der Waals surface area contributed by atoms with Crippen LogP contribution in [0.2, 0.25) is 0 Å². The lowest BCUT2D eigenvalue weighted by atomic mass is 9.89. The zero-order valence-corrected chi connectivity index (χ0v) is 13.8. The van der Waals surface area contributed by atoms with E-state index in [0.717, 1.165) is 12.5 Å². The summed E-state index contributed by atoms with van der Waals surface area (Å²) in [5.74, 6) is 0.985. The third-order valence-corrected chi connectivity index (χ3v) is 5.18. The molecule has 1 saturated heterocycles. The highest BCUT2D eigenvalue weighted by Gasteiger charge is 2.20. The number of nitrogens with zero attached hydrogens (tertiary/aromatic N) is 2. The molecule has 0 unspecified atom stereocenters. The molecule has 0 bridgehead atoms. The van der Waals surface area contributed by atoms with Gasteiger partial charge in [0.1, 0.15) is 0 Å². The van der Waals surface area contributed by atoms with Crippen molar-refractivity contribution < 1.29 is 0 Å². The lowest BCUT2D eigenvalue weighted by Crippen LogP contribution is -2.47. The van der Waals surface area contributed by atoms with Crippen molar-refractivity contribution in [1.82, 2.24) is 9.80 Å². The van der Waals surface area contributed by atoms with Gasteiger partial charge in [-0.2, -0.15) is 0 Å². The van der Waals surface area contributed by atoms with Crippen LogP contribution in [0.25, 0.3) is 6.08 Å². The average molecular weight is 298 g/mol. The monoisotopic (exact) mass is 298 g/mol. The lowest BCUT2D eigenvalue weighted by Gasteiger charge is -2.36. The topological polar surface area (TPSA) is 6.48 Å². The fourth-order valence-electron chi connectivity index (χ4n) is 3.79. The molecular weight excluding hydrogens is 268 g/mol. The molecule has 0 amide bonds. The SMILES string of the molecule is C(=C\c1ccccc1)/CN1CCN(CC2CCCCC2)CC1. The fourth-order valence-corrected chi connectivity index (χ4v) is 3.79. The minimum atomic E-state index is 0.985. The van der Waals surface area contributed by atoms with E-state index in [1.807, 2.05) is 0 Å². The first kappa shape index (κ1) is 15.8. The van der Waals surface area contributed by atoms with Crippen molar-refractivity contribution in [3.05, 3.63) is 42.0 Å². The van der Waals surface area contributed by atoms with Crippen LogP contribution in [0.4, 0.5) is 0 Å². The molecule has 1 aromatic carbocycles. The summed E-state index contributed by atoms with van der Waals surface area (Å²) in [5.41, 5.74) is 1.30. The van der Waals surface area contributed by atoms with E-state index in [-0.39, 0.29) is 0 Å². The molecule has 0 aromatic heterocycles. The van der Waals surface area contributed by atoms with Crippen LogP contribution in [0.15, 0.2) is 36.4 Å². The predicted molar refractivity (Wildman–Crippen MR) is 94.9 cm³/mol. The molecule has 0 atom stereocenters. The second kappa shape index (κ2) is 8.50. The van der Waals surface area contributed by atoms with Crippen molar-refractivity contribution in [2.45, 2.75) is 32.1 Å². The first-order valence-electron chi connectivity index (χ1n) is 9.06. The molecule has 1 saturated carbocycles. The Kier molecular flexibility index (Phi) is 6.09. The van der Waals surface area contributed by atoms with Crippen LogP contribution in [0, 0.1) is 5.92 Å². The predicted octanol–water partition coefficient (Wildman–Crippen LogP) is 3.90. The summed E-state index contributed by atoms with van der Waals surface area (Å²) in [5, 5.41) is 0. The Bertz CT molecular complexity index is 440. The molecule has 22 heavy (non-hydrogen) atoms. The third-order valence-electron chi connectivity index (χ3n) is 5.18. The molecule has 2 fully saturated rings. The van der Waals surface area contributed by atoms with E-state index in [9.17, 15) is 0 Å². The molecule has 2 nitrogen and oxygen atoms in total. The van der Waals surface area contributed by atoms with Crippen LogP contribution in [0.5, 0.6) is 0 Å². The molecule has 120 valence electrons. The molecule has 0 radical (unpaired) electrons. The molecular formula is C20H30N2. The molecule has 1 heterocycles. The van der Waals surface area contributed by atoms with E-state index in [0.29, 0.717) is 0 Å². The summed E-state index contributed by atoms with van der Waals surface area (Å²) in [6, 6.07) is 10.6. The van der Waals surface area contributed by atoms with Crippen molar-refractivity contribution in [3.8, 4) is 0 Å². The lowest BCUT2D eigenvalue weighted by molar-refractivity contribution is 0.117. The van der Waals surface area contributed by atoms with Gasteiger partial charge in [-0.1, -0.05) is 61.7 Å². The van der Waals surface area contributed by atoms with Crippen molar-refractivity contribution >= 4 is 6.08 Å². The van der Waals surface area contributed by atoms with E-state index in [4.69, 9.17) is 0 Å². The van der Waals surface area contributed by atoms with Gasteiger partial charge in [-0.05, 0) is 24.3 Å². The summed E-state index contributed by atoms with van der Waals surface area (Å²) in [6.07, 6.45) is 11.9. The average Bonchev–Trinajstić information content (AvgIpc) is 2.58. The Balaban J connectivity index is 1.35. The number of benzene rings is 1. The number of rotatable bonds is 5. The maximum absolute atomic E-state index is 2.70. The van der Waals surface area contributed by atoms with Gasteiger partial charge >= 0.3 is 0 Å². The summed E-state index contributed by atoms with van der Waals surface area (Å²) in [4.78, 5) is 5.28. The first-order valence-corrected chi connectivity index (χ1v) is 9.06.